The highest BCUT2D eigenvalue weighted by atomic mass is 35.5. The van der Waals surface area contributed by atoms with Gasteiger partial charge in [0.2, 0.25) is 11.8 Å². The number of esters is 1. The number of hydrogen-bond acceptors (Lipinski definition) is 10. The number of methoxy groups -OCH3 is 1. The van der Waals surface area contributed by atoms with E-state index in [1.807, 2.05) is 13.8 Å². The van der Waals surface area contributed by atoms with E-state index in [1.165, 1.54) is 22.7 Å². The number of rotatable bonds is 8. The average Bonchev–Trinajstić information content (AvgIpc) is 3.29. The van der Waals surface area contributed by atoms with Gasteiger partial charge >= 0.3 is 5.97 Å². The van der Waals surface area contributed by atoms with E-state index in [2.05, 4.69) is 10.3 Å². The number of thiocarbonyl (C=S) groups is 1. The van der Waals surface area contributed by atoms with Crippen LogP contribution < -0.4 is 34.6 Å². The molecule has 5 rings (SSSR count). The quantitative estimate of drug-likeness (QED) is 0.220. The zero-order chi connectivity index (χ0) is 32.6. The molecule has 1 fully saturated rings. The van der Waals surface area contributed by atoms with E-state index in [0.717, 1.165) is 11.3 Å². The standard InChI is InChI=1S/C31H29ClN4O7S2/c1-6-42-29(40)24-16(4)33-31-36(25(24)17-7-12-21(43-15(2)3)22(13-17)41-5)28(39)23(45-31)14-20-26(37)34-30(44)35(27(20)38)19-10-8-18(32)9-11-19/h7-15,20,25H,6H2,1-5H3,(H,34,37,44)/b23-14-/t20-,25+/m0/s1. The van der Waals surface area contributed by atoms with Crippen molar-refractivity contribution in [3.05, 3.63) is 84.0 Å². The second kappa shape index (κ2) is 13.0. The number of nitrogens with zero attached hydrogens (tertiary/aromatic N) is 3. The predicted octanol–water partition coefficient (Wildman–Crippen LogP) is 3.26. The average molecular weight is 669 g/mol. The van der Waals surface area contributed by atoms with Crippen LogP contribution in [0.3, 0.4) is 0 Å². The first-order chi connectivity index (χ1) is 21.4. The summed E-state index contributed by atoms with van der Waals surface area (Å²) in [5.41, 5.74) is 0.924. The molecule has 2 aliphatic heterocycles. The van der Waals surface area contributed by atoms with Crippen LogP contribution in [0.4, 0.5) is 5.69 Å². The Hall–Kier alpha value is -4.33. The summed E-state index contributed by atoms with van der Waals surface area (Å²) in [5, 5.41) is 2.91. The van der Waals surface area contributed by atoms with Gasteiger partial charge in [-0.15, -0.1) is 0 Å². The third-order valence-corrected chi connectivity index (χ3v) is 8.53. The van der Waals surface area contributed by atoms with Gasteiger partial charge in [-0.1, -0.05) is 29.0 Å². The summed E-state index contributed by atoms with van der Waals surface area (Å²) in [5.74, 6) is -2.41. The number of nitrogens with one attached hydrogen (secondary N) is 1. The van der Waals surface area contributed by atoms with E-state index in [9.17, 15) is 19.2 Å². The van der Waals surface area contributed by atoms with Crippen molar-refractivity contribution in [1.82, 2.24) is 9.88 Å². The van der Waals surface area contributed by atoms with Gasteiger partial charge in [-0.05, 0) is 88.0 Å². The molecule has 14 heteroatoms. The number of thiazole rings is 1. The van der Waals surface area contributed by atoms with Gasteiger partial charge in [0.25, 0.3) is 5.56 Å². The van der Waals surface area contributed by atoms with Crippen LogP contribution in [-0.4, -0.2) is 47.3 Å². The van der Waals surface area contributed by atoms with Crippen LogP contribution in [0.25, 0.3) is 6.08 Å². The van der Waals surface area contributed by atoms with E-state index in [4.69, 9.17) is 38.0 Å². The molecule has 2 amide bonds. The second-order valence-corrected chi connectivity index (χ2v) is 12.2. The summed E-state index contributed by atoms with van der Waals surface area (Å²) in [6, 6.07) is 10.6. The minimum Gasteiger partial charge on any atom is -0.493 e. The van der Waals surface area contributed by atoms with Crippen LogP contribution in [0, 0.1) is 5.92 Å². The Morgan fingerprint density at radius 3 is 2.51 bits per heavy atom. The van der Waals surface area contributed by atoms with Gasteiger partial charge in [0.15, 0.2) is 21.4 Å². The Labute approximate surface area is 272 Å². The van der Waals surface area contributed by atoms with E-state index in [1.54, 1.807) is 56.3 Å². The second-order valence-electron chi connectivity index (χ2n) is 10.3. The fourth-order valence-electron chi connectivity index (χ4n) is 5.05. The molecule has 0 radical (unpaired) electrons. The Morgan fingerprint density at radius 1 is 1.16 bits per heavy atom. The number of halogens is 1. The summed E-state index contributed by atoms with van der Waals surface area (Å²) >= 11 is 12.3. The van der Waals surface area contributed by atoms with Crippen molar-refractivity contribution < 1.29 is 28.6 Å². The fraction of sp³-hybridized carbons (Fsp3) is 0.290. The lowest BCUT2D eigenvalue weighted by Gasteiger charge is -2.31. The maximum absolute atomic E-state index is 14.1. The largest absolute Gasteiger partial charge is 0.493 e. The first-order valence-electron chi connectivity index (χ1n) is 13.9. The van der Waals surface area contributed by atoms with E-state index >= 15 is 0 Å². The topological polar surface area (TPSA) is 129 Å². The molecule has 3 heterocycles. The zero-order valence-electron chi connectivity index (χ0n) is 25.0. The third-order valence-electron chi connectivity index (χ3n) is 6.99. The number of ether oxygens (including phenoxy) is 3. The highest BCUT2D eigenvalue weighted by Crippen LogP contribution is 2.36. The Balaban J connectivity index is 1.65. The number of aromatic nitrogens is 1. The molecule has 0 aliphatic carbocycles. The monoisotopic (exact) mass is 668 g/mol. The third kappa shape index (κ3) is 6.15. The molecule has 0 bridgehead atoms. The SMILES string of the molecule is CCOC(=O)C1=C(C)N=c2s/c(=C\[C@H]3C(=O)NC(=S)N(c4ccc(Cl)cc4)C3=O)c(=O)n2[C@@H]1c1ccc(OC(C)C)c(OC)c1. The molecule has 2 atom stereocenters. The number of anilines is 1. The van der Waals surface area contributed by atoms with E-state index in [0.29, 0.717) is 33.5 Å². The number of allylic oxidation sites excluding steroid dienone is 1. The highest BCUT2D eigenvalue weighted by Gasteiger charge is 2.39. The zero-order valence-corrected chi connectivity index (χ0v) is 27.3. The normalized spacial score (nSPS) is 18.5. The molecule has 1 aromatic heterocycles. The number of amides is 2. The lowest BCUT2D eigenvalue weighted by molar-refractivity contribution is -0.139. The van der Waals surface area contributed by atoms with Crippen molar-refractivity contribution >= 4 is 69.8 Å². The summed E-state index contributed by atoms with van der Waals surface area (Å²) in [7, 11) is 1.50. The van der Waals surface area contributed by atoms with Gasteiger partial charge in [-0.25, -0.2) is 9.79 Å². The van der Waals surface area contributed by atoms with Crippen LogP contribution in [0.15, 0.2) is 63.5 Å². The molecule has 45 heavy (non-hydrogen) atoms. The maximum atomic E-state index is 14.1. The summed E-state index contributed by atoms with van der Waals surface area (Å²) in [6.07, 6.45) is 1.18. The number of fused-ring (bicyclic) bond motifs is 1. The molecule has 0 saturated carbocycles. The molecule has 234 valence electrons. The Morgan fingerprint density at radius 2 is 1.87 bits per heavy atom. The number of benzene rings is 2. The first kappa shape index (κ1) is 32.1. The van der Waals surface area contributed by atoms with Crippen LogP contribution >= 0.6 is 35.2 Å². The van der Waals surface area contributed by atoms with Crippen LogP contribution in [0.1, 0.15) is 39.3 Å². The smallest absolute Gasteiger partial charge is 0.338 e. The van der Waals surface area contributed by atoms with E-state index < -0.39 is 35.3 Å². The lowest BCUT2D eigenvalue weighted by Crippen LogP contribution is -2.58. The van der Waals surface area contributed by atoms with Crippen LogP contribution in [0.2, 0.25) is 5.02 Å². The van der Waals surface area contributed by atoms with Gasteiger partial charge in [0.1, 0.15) is 5.92 Å². The fourth-order valence-corrected chi connectivity index (χ4v) is 6.53. The summed E-state index contributed by atoms with van der Waals surface area (Å²) in [6.45, 7) is 7.23. The van der Waals surface area contributed by atoms with Crippen molar-refractivity contribution in [2.75, 3.05) is 18.6 Å². The molecule has 2 aromatic carbocycles. The molecule has 0 unspecified atom stereocenters. The van der Waals surface area contributed by atoms with Crippen LogP contribution in [0.5, 0.6) is 11.5 Å². The lowest BCUT2D eigenvalue weighted by atomic mass is 9.95. The van der Waals surface area contributed by atoms with Crippen molar-refractivity contribution in [3.63, 3.8) is 0 Å². The Kier molecular flexibility index (Phi) is 9.23. The summed E-state index contributed by atoms with van der Waals surface area (Å²) < 4.78 is 18.2. The van der Waals surface area contributed by atoms with Crippen molar-refractivity contribution in [2.24, 2.45) is 10.9 Å². The minimum atomic E-state index is -1.37. The Bertz CT molecular complexity index is 1930. The number of hydrogen-bond donors (Lipinski definition) is 1. The van der Waals surface area contributed by atoms with Gasteiger partial charge in [0, 0.05) is 5.02 Å². The molecular weight excluding hydrogens is 640 g/mol. The molecular formula is C31H29ClN4O7S2. The molecule has 3 aromatic rings. The predicted molar refractivity (Wildman–Crippen MR) is 173 cm³/mol. The van der Waals surface area contributed by atoms with Gasteiger partial charge < -0.3 is 19.5 Å². The first-order valence-corrected chi connectivity index (χ1v) is 15.5. The highest BCUT2D eigenvalue weighted by molar-refractivity contribution is 7.80. The van der Waals surface area contributed by atoms with Gasteiger partial charge in [-0.2, -0.15) is 0 Å². The molecule has 0 spiro atoms. The van der Waals surface area contributed by atoms with Gasteiger partial charge in [-0.3, -0.25) is 23.9 Å². The van der Waals surface area contributed by atoms with E-state index in [-0.39, 0.29) is 32.7 Å². The van der Waals surface area contributed by atoms with Crippen LogP contribution in [-0.2, 0) is 19.1 Å². The molecule has 11 nitrogen and oxygen atoms in total. The van der Waals surface area contributed by atoms with Gasteiger partial charge in [0.05, 0.1) is 47.4 Å². The van der Waals surface area contributed by atoms with Crippen molar-refractivity contribution in [3.8, 4) is 11.5 Å². The molecule has 1 saturated heterocycles. The minimum absolute atomic E-state index is 0.0840. The molecule has 2 aliphatic rings. The number of carbonyl (C=O) groups excluding carboxylic acids is 3. The maximum Gasteiger partial charge on any atom is 0.338 e. The number of carbonyl (C=O) groups is 3. The van der Waals surface area contributed by atoms with Crippen molar-refractivity contribution in [1.29, 1.82) is 0 Å². The summed E-state index contributed by atoms with van der Waals surface area (Å²) in [4.78, 5) is 60.0. The van der Waals surface area contributed by atoms with Crippen molar-refractivity contribution in [2.45, 2.75) is 39.8 Å². The molecule has 1 N–H and O–H groups in total.